The summed E-state index contributed by atoms with van der Waals surface area (Å²) >= 11 is 0. The number of hydrogen-bond donors (Lipinski definition) is 2. The lowest BCUT2D eigenvalue weighted by molar-refractivity contribution is 0.0888. The molecule has 1 unspecified atom stereocenters. The third-order valence-electron chi connectivity index (χ3n) is 5.94. The number of ether oxygens (including phenoxy) is 2. The van der Waals surface area contributed by atoms with Crippen molar-refractivity contribution < 1.29 is 9.47 Å². The topological polar surface area (TPSA) is 58.1 Å². The second kappa shape index (κ2) is 12.2. The van der Waals surface area contributed by atoms with E-state index in [9.17, 15) is 0 Å². The number of nitrogens with zero attached hydrogens (tertiary/aromatic N) is 2. The van der Waals surface area contributed by atoms with Gasteiger partial charge in [0.1, 0.15) is 0 Å². The molecule has 1 aromatic rings. The van der Waals surface area contributed by atoms with Crippen molar-refractivity contribution in [1.29, 1.82) is 0 Å². The van der Waals surface area contributed by atoms with E-state index in [1.54, 1.807) is 0 Å². The SMILES string of the molecule is CN=C(NCCCOCC1CCOC1)NC1CCN(Cc2ccccc2C)CC1. The average Bonchev–Trinajstić information content (AvgIpc) is 3.26. The zero-order chi connectivity index (χ0) is 20.3. The normalized spacial score (nSPS) is 21.4. The van der Waals surface area contributed by atoms with E-state index in [2.05, 4.69) is 51.7 Å². The summed E-state index contributed by atoms with van der Waals surface area (Å²) in [6.45, 7) is 9.76. The maximum Gasteiger partial charge on any atom is 0.191 e. The van der Waals surface area contributed by atoms with Gasteiger partial charge in [-0.05, 0) is 43.7 Å². The van der Waals surface area contributed by atoms with Crippen LogP contribution in [0.3, 0.4) is 0 Å². The minimum absolute atomic E-state index is 0.493. The molecule has 0 saturated carbocycles. The van der Waals surface area contributed by atoms with Gasteiger partial charge in [0.2, 0.25) is 0 Å². The summed E-state index contributed by atoms with van der Waals surface area (Å²) in [4.78, 5) is 6.94. The third kappa shape index (κ3) is 7.61. The largest absolute Gasteiger partial charge is 0.381 e. The highest BCUT2D eigenvalue weighted by Crippen LogP contribution is 2.16. The predicted molar refractivity (Wildman–Crippen MR) is 118 cm³/mol. The minimum Gasteiger partial charge on any atom is -0.381 e. The van der Waals surface area contributed by atoms with Crippen LogP contribution in [0.1, 0.15) is 36.8 Å². The summed E-state index contributed by atoms with van der Waals surface area (Å²) in [5.74, 6) is 1.50. The van der Waals surface area contributed by atoms with Gasteiger partial charge in [-0.2, -0.15) is 0 Å². The Morgan fingerprint density at radius 3 is 2.79 bits per heavy atom. The Bertz CT molecular complexity index is 623. The van der Waals surface area contributed by atoms with Crippen LogP contribution in [-0.4, -0.2) is 70.0 Å². The van der Waals surface area contributed by atoms with E-state index in [0.717, 1.165) is 84.2 Å². The third-order valence-corrected chi connectivity index (χ3v) is 5.94. The number of hydrogen-bond acceptors (Lipinski definition) is 4. The molecule has 162 valence electrons. The summed E-state index contributed by atoms with van der Waals surface area (Å²) in [7, 11) is 1.85. The van der Waals surface area contributed by atoms with Gasteiger partial charge in [-0.1, -0.05) is 24.3 Å². The molecule has 2 saturated heterocycles. The zero-order valence-corrected chi connectivity index (χ0v) is 18.2. The molecule has 6 nitrogen and oxygen atoms in total. The fraction of sp³-hybridized carbons (Fsp3) is 0.696. The molecule has 0 amide bonds. The molecule has 6 heteroatoms. The summed E-state index contributed by atoms with van der Waals surface area (Å²) in [6.07, 6.45) is 4.43. The number of rotatable bonds is 9. The van der Waals surface area contributed by atoms with Crippen molar-refractivity contribution in [2.45, 2.75) is 45.2 Å². The first-order valence-electron chi connectivity index (χ1n) is 11.1. The molecule has 0 aromatic heterocycles. The molecule has 1 atom stereocenters. The van der Waals surface area contributed by atoms with Crippen LogP contribution in [0.25, 0.3) is 0 Å². The molecule has 2 aliphatic heterocycles. The summed E-state index contributed by atoms with van der Waals surface area (Å²) < 4.78 is 11.1. The van der Waals surface area contributed by atoms with Crippen LogP contribution in [0.5, 0.6) is 0 Å². The Kier molecular flexibility index (Phi) is 9.25. The average molecular weight is 403 g/mol. The van der Waals surface area contributed by atoms with E-state index in [1.165, 1.54) is 11.1 Å². The van der Waals surface area contributed by atoms with Gasteiger partial charge in [-0.3, -0.25) is 9.89 Å². The fourth-order valence-electron chi connectivity index (χ4n) is 4.00. The molecular formula is C23H38N4O2. The van der Waals surface area contributed by atoms with Gasteiger partial charge in [-0.15, -0.1) is 0 Å². The van der Waals surface area contributed by atoms with E-state index in [1.807, 2.05) is 7.05 Å². The molecule has 2 fully saturated rings. The van der Waals surface area contributed by atoms with E-state index in [0.29, 0.717) is 12.0 Å². The molecule has 0 spiro atoms. The van der Waals surface area contributed by atoms with Crippen LogP contribution in [0.2, 0.25) is 0 Å². The smallest absolute Gasteiger partial charge is 0.191 e. The molecule has 29 heavy (non-hydrogen) atoms. The van der Waals surface area contributed by atoms with Crippen molar-refractivity contribution in [2.24, 2.45) is 10.9 Å². The van der Waals surface area contributed by atoms with Gasteiger partial charge in [0.05, 0.1) is 13.2 Å². The number of aliphatic imine (C=N–C) groups is 1. The molecule has 2 N–H and O–H groups in total. The minimum atomic E-state index is 0.493. The Balaban J connectivity index is 1.27. The first-order chi connectivity index (χ1) is 14.2. The summed E-state index contributed by atoms with van der Waals surface area (Å²) in [5.41, 5.74) is 2.83. The number of nitrogens with one attached hydrogen (secondary N) is 2. The Labute approximate surface area is 176 Å². The highest BCUT2D eigenvalue weighted by molar-refractivity contribution is 5.79. The van der Waals surface area contributed by atoms with Gasteiger partial charge in [0.15, 0.2) is 5.96 Å². The van der Waals surface area contributed by atoms with Gasteiger partial charge in [-0.25, -0.2) is 0 Å². The highest BCUT2D eigenvalue weighted by atomic mass is 16.5. The van der Waals surface area contributed by atoms with Crippen LogP contribution < -0.4 is 10.6 Å². The Morgan fingerprint density at radius 2 is 2.07 bits per heavy atom. The Hall–Kier alpha value is -1.63. The molecule has 0 aliphatic carbocycles. The van der Waals surface area contributed by atoms with Crippen LogP contribution in [-0.2, 0) is 16.0 Å². The lowest BCUT2D eigenvalue weighted by Crippen LogP contribution is -2.48. The highest BCUT2D eigenvalue weighted by Gasteiger charge is 2.20. The van der Waals surface area contributed by atoms with E-state index < -0.39 is 0 Å². The number of aryl methyl sites for hydroxylation is 1. The number of guanidine groups is 1. The van der Waals surface area contributed by atoms with Crippen LogP contribution >= 0.6 is 0 Å². The van der Waals surface area contributed by atoms with Crippen LogP contribution in [0.15, 0.2) is 29.3 Å². The second-order valence-electron chi connectivity index (χ2n) is 8.28. The molecule has 0 radical (unpaired) electrons. The van der Waals surface area contributed by atoms with Gasteiger partial charge < -0.3 is 20.1 Å². The maximum atomic E-state index is 5.77. The van der Waals surface area contributed by atoms with Crippen molar-refractivity contribution >= 4 is 5.96 Å². The lowest BCUT2D eigenvalue weighted by atomic mass is 10.0. The molecular weight excluding hydrogens is 364 g/mol. The van der Waals surface area contributed by atoms with E-state index in [4.69, 9.17) is 9.47 Å². The van der Waals surface area contributed by atoms with Crippen molar-refractivity contribution in [1.82, 2.24) is 15.5 Å². The second-order valence-corrected chi connectivity index (χ2v) is 8.28. The van der Waals surface area contributed by atoms with Crippen molar-refractivity contribution in [3.63, 3.8) is 0 Å². The monoisotopic (exact) mass is 402 g/mol. The number of likely N-dealkylation sites (tertiary alicyclic amines) is 1. The van der Waals surface area contributed by atoms with E-state index >= 15 is 0 Å². The van der Waals surface area contributed by atoms with E-state index in [-0.39, 0.29) is 0 Å². The van der Waals surface area contributed by atoms with Crippen LogP contribution in [0, 0.1) is 12.8 Å². The molecule has 0 bridgehead atoms. The molecule has 2 heterocycles. The summed E-state index contributed by atoms with van der Waals surface area (Å²) in [5, 5.41) is 7.02. The maximum absolute atomic E-state index is 5.77. The summed E-state index contributed by atoms with van der Waals surface area (Å²) in [6, 6.07) is 9.20. The first kappa shape index (κ1) is 22.1. The zero-order valence-electron chi connectivity index (χ0n) is 18.2. The van der Waals surface area contributed by atoms with Gasteiger partial charge in [0, 0.05) is 58.4 Å². The lowest BCUT2D eigenvalue weighted by Gasteiger charge is -2.33. The van der Waals surface area contributed by atoms with Crippen molar-refractivity contribution in [3.8, 4) is 0 Å². The molecule has 2 aliphatic rings. The molecule has 1 aromatic carbocycles. The van der Waals surface area contributed by atoms with Gasteiger partial charge >= 0.3 is 0 Å². The fourth-order valence-corrected chi connectivity index (χ4v) is 4.00. The predicted octanol–water partition coefficient (Wildman–Crippen LogP) is 2.57. The molecule has 3 rings (SSSR count). The standard InChI is InChI=1S/C23H38N4O2/c1-19-6-3-4-7-21(19)16-27-12-8-22(9-13-27)26-23(24-2)25-11-5-14-28-17-20-10-15-29-18-20/h3-4,6-7,20,22H,5,8-18H2,1-2H3,(H2,24,25,26). The first-order valence-corrected chi connectivity index (χ1v) is 11.1. The van der Waals surface area contributed by atoms with Crippen LogP contribution in [0.4, 0.5) is 0 Å². The Morgan fingerprint density at radius 1 is 1.24 bits per heavy atom. The van der Waals surface area contributed by atoms with Gasteiger partial charge in [0.25, 0.3) is 0 Å². The van der Waals surface area contributed by atoms with Crippen molar-refractivity contribution in [2.75, 3.05) is 53.1 Å². The van der Waals surface area contributed by atoms with Crippen molar-refractivity contribution in [3.05, 3.63) is 35.4 Å². The number of piperidine rings is 1. The number of benzene rings is 1. The quantitative estimate of drug-likeness (QED) is 0.378.